The molecule has 0 amide bonds. The van der Waals surface area contributed by atoms with Gasteiger partial charge in [-0.25, -0.2) is 13.6 Å². The van der Waals surface area contributed by atoms with Crippen LogP contribution in [0.15, 0.2) is 17.3 Å². The van der Waals surface area contributed by atoms with Gasteiger partial charge in [0.15, 0.2) is 5.82 Å². The SMILES string of the molecule is CC(C)(C)n1c(-c2ccc([N+](=O)[O-])s2)nnc1S(N)(=O)=O. The van der Waals surface area contributed by atoms with Crippen LogP contribution in [0.5, 0.6) is 0 Å². The Morgan fingerprint density at radius 1 is 1.33 bits per heavy atom. The van der Waals surface area contributed by atoms with Gasteiger partial charge in [0, 0.05) is 11.6 Å². The Kier molecular flexibility index (Phi) is 3.59. The van der Waals surface area contributed by atoms with E-state index in [1.54, 1.807) is 20.8 Å². The van der Waals surface area contributed by atoms with Crippen LogP contribution in [-0.4, -0.2) is 28.1 Å². The fraction of sp³-hybridized carbons (Fsp3) is 0.400. The lowest BCUT2D eigenvalue weighted by atomic mass is 10.1. The van der Waals surface area contributed by atoms with Crippen molar-refractivity contribution in [1.82, 2.24) is 14.8 Å². The van der Waals surface area contributed by atoms with Crippen molar-refractivity contribution in [3.05, 3.63) is 22.2 Å². The van der Waals surface area contributed by atoms with Gasteiger partial charge >= 0.3 is 5.00 Å². The summed E-state index contributed by atoms with van der Waals surface area (Å²) in [6, 6.07) is 2.83. The molecule has 0 aliphatic carbocycles. The summed E-state index contributed by atoms with van der Waals surface area (Å²) in [5.41, 5.74) is -0.667. The summed E-state index contributed by atoms with van der Waals surface area (Å²) < 4.78 is 24.6. The van der Waals surface area contributed by atoms with Gasteiger partial charge < -0.3 is 0 Å². The van der Waals surface area contributed by atoms with Crippen molar-refractivity contribution in [2.75, 3.05) is 0 Å². The van der Waals surface area contributed by atoms with Gasteiger partial charge in [-0.2, -0.15) is 0 Å². The van der Waals surface area contributed by atoms with Crippen molar-refractivity contribution in [1.29, 1.82) is 0 Å². The van der Waals surface area contributed by atoms with Crippen LogP contribution in [-0.2, 0) is 15.6 Å². The van der Waals surface area contributed by atoms with Crippen LogP contribution in [0, 0.1) is 10.1 Å². The number of hydrogen-bond donors (Lipinski definition) is 1. The highest BCUT2D eigenvalue weighted by molar-refractivity contribution is 7.89. The first kappa shape index (κ1) is 15.5. The average Bonchev–Trinajstić information content (AvgIpc) is 2.93. The molecule has 2 aromatic heterocycles. The molecular weight excluding hydrogens is 318 g/mol. The molecule has 11 heteroatoms. The van der Waals surface area contributed by atoms with Crippen LogP contribution < -0.4 is 5.14 Å². The third-order valence-electron chi connectivity index (χ3n) is 2.55. The molecule has 0 aromatic carbocycles. The van der Waals surface area contributed by atoms with E-state index >= 15 is 0 Å². The Morgan fingerprint density at radius 3 is 2.38 bits per heavy atom. The molecule has 0 saturated heterocycles. The molecule has 2 aromatic rings. The lowest BCUT2D eigenvalue weighted by molar-refractivity contribution is -0.380. The Balaban J connectivity index is 2.70. The predicted molar refractivity (Wildman–Crippen MR) is 76.4 cm³/mol. The lowest BCUT2D eigenvalue weighted by Gasteiger charge is -2.23. The maximum Gasteiger partial charge on any atom is 0.324 e. The molecule has 114 valence electrons. The molecule has 0 aliphatic heterocycles. The fourth-order valence-corrected chi connectivity index (χ4v) is 3.33. The molecule has 21 heavy (non-hydrogen) atoms. The number of nitro groups is 1. The zero-order valence-electron chi connectivity index (χ0n) is 11.5. The van der Waals surface area contributed by atoms with Gasteiger partial charge in [0.05, 0.1) is 9.80 Å². The van der Waals surface area contributed by atoms with E-state index in [1.165, 1.54) is 16.7 Å². The second-order valence-electron chi connectivity index (χ2n) is 5.25. The maximum absolute atomic E-state index is 11.6. The van der Waals surface area contributed by atoms with E-state index in [0.29, 0.717) is 4.88 Å². The summed E-state index contributed by atoms with van der Waals surface area (Å²) in [4.78, 5) is 10.7. The van der Waals surface area contributed by atoms with Crippen LogP contribution in [0.25, 0.3) is 10.7 Å². The van der Waals surface area contributed by atoms with Crippen molar-refractivity contribution >= 4 is 26.4 Å². The summed E-state index contributed by atoms with van der Waals surface area (Å²) in [7, 11) is -4.05. The lowest BCUT2D eigenvalue weighted by Crippen LogP contribution is -2.29. The minimum absolute atomic E-state index is 0.0642. The Labute approximate surface area is 124 Å². The second-order valence-corrected chi connectivity index (χ2v) is 7.77. The largest absolute Gasteiger partial charge is 0.324 e. The van der Waals surface area contributed by atoms with E-state index in [0.717, 1.165) is 11.3 Å². The number of sulfonamides is 1. The quantitative estimate of drug-likeness (QED) is 0.665. The molecule has 0 bridgehead atoms. The highest BCUT2D eigenvalue weighted by atomic mass is 32.2. The Bertz CT molecular complexity index is 800. The summed E-state index contributed by atoms with van der Waals surface area (Å²) in [6.07, 6.45) is 0. The van der Waals surface area contributed by atoms with Gasteiger partial charge in [0.1, 0.15) is 0 Å². The molecular formula is C10H13N5O4S2. The Morgan fingerprint density at radius 2 is 1.95 bits per heavy atom. The van der Waals surface area contributed by atoms with Crippen molar-refractivity contribution < 1.29 is 13.3 Å². The number of primary sulfonamides is 1. The second kappa shape index (κ2) is 4.86. The van der Waals surface area contributed by atoms with Crippen LogP contribution in [0.3, 0.4) is 0 Å². The molecule has 9 nitrogen and oxygen atoms in total. The van der Waals surface area contributed by atoms with Crippen LogP contribution in [0.1, 0.15) is 20.8 Å². The summed E-state index contributed by atoms with van der Waals surface area (Å²) in [5, 5.41) is 22.9. The number of aromatic nitrogens is 3. The molecule has 2 N–H and O–H groups in total. The van der Waals surface area contributed by atoms with Crippen LogP contribution in [0.2, 0.25) is 0 Å². The molecule has 0 aliphatic rings. The molecule has 0 saturated carbocycles. The number of nitrogens with two attached hydrogens (primary N) is 1. The van der Waals surface area contributed by atoms with Gasteiger partial charge in [0.2, 0.25) is 0 Å². The average molecular weight is 331 g/mol. The van der Waals surface area contributed by atoms with Crippen molar-refractivity contribution in [2.45, 2.75) is 31.5 Å². The van der Waals surface area contributed by atoms with Crippen molar-refractivity contribution in [3.63, 3.8) is 0 Å². The molecule has 0 atom stereocenters. The normalized spacial score (nSPS) is 12.6. The predicted octanol–water partition coefficient (Wildman–Crippen LogP) is 1.32. The van der Waals surface area contributed by atoms with E-state index in [2.05, 4.69) is 10.2 Å². The highest BCUT2D eigenvalue weighted by Gasteiger charge is 2.30. The molecule has 0 unspecified atom stereocenters. The minimum Gasteiger partial charge on any atom is -0.291 e. The van der Waals surface area contributed by atoms with Gasteiger partial charge in [-0.05, 0) is 26.8 Å². The minimum atomic E-state index is -4.05. The topological polar surface area (TPSA) is 134 Å². The van der Waals surface area contributed by atoms with E-state index in [4.69, 9.17) is 5.14 Å². The van der Waals surface area contributed by atoms with Crippen LogP contribution in [0.4, 0.5) is 5.00 Å². The van der Waals surface area contributed by atoms with Crippen LogP contribution >= 0.6 is 11.3 Å². The third-order valence-corrected chi connectivity index (χ3v) is 4.36. The van der Waals surface area contributed by atoms with Crippen molar-refractivity contribution in [2.24, 2.45) is 5.14 Å². The van der Waals surface area contributed by atoms with E-state index in [1.807, 2.05) is 0 Å². The summed E-state index contributed by atoms with van der Waals surface area (Å²) in [6.45, 7) is 5.28. The standard InChI is InChI=1S/C10H13N5O4S2/c1-10(2,3)14-8(12-13-9(14)21(11,18)19)6-4-5-7(20-6)15(16)17/h4-5H,1-3H3,(H2,11,18,19). The van der Waals surface area contributed by atoms with E-state index in [9.17, 15) is 18.5 Å². The van der Waals surface area contributed by atoms with Gasteiger partial charge in [-0.1, -0.05) is 11.3 Å². The molecule has 0 fully saturated rings. The maximum atomic E-state index is 11.6. The molecule has 2 rings (SSSR count). The molecule has 2 heterocycles. The highest BCUT2D eigenvalue weighted by Crippen LogP contribution is 2.34. The summed E-state index contributed by atoms with van der Waals surface area (Å²) >= 11 is 0.890. The zero-order chi connectivity index (χ0) is 16.0. The summed E-state index contributed by atoms with van der Waals surface area (Å²) in [5.74, 6) is 0.227. The number of nitrogens with zero attached hydrogens (tertiary/aromatic N) is 4. The van der Waals surface area contributed by atoms with E-state index in [-0.39, 0.29) is 16.0 Å². The number of thiophene rings is 1. The monoisotopic (exact) mass is 331 g/mol. The molecule has 0 spiro atoms. The third kappa shape index (κ3) is 2.94. The van der Waals surface area contributed by atoms with E-state index < -0.39 is 20.5 Å². The zero-order valence-corrected chi connectivity index (χ0v) is 13.1. The first-order chi connectivity index (χ1) is 9.51. The van der Waals surface area contributed by atoms with Gasteiger partial charge in [-0.3, -0.25) is 14.7 Å². The number of rotatable bonds is 3. The number of hydrogen-bond acceptors (Lipinski definition) is 7. The fourth-order valence-electron chi connectivity index (χ4n) is 1.76. The first-order valence-electron chi connectivity index (χ1n) is 5.75. The first-order valence-corrected chi connectivity index (χ1v) is 8.11. The van der Waals surface area contributed by atoms with Crippen molar-refractivity contribution in [3.8, 4) is 10.7 Å². The molecule has 0 radical (unpaired) electrons. The van der Waals surface area contributed by atoms with Gasteiger partial charge in [-0.15, -0.1) is 10.2 Å². The smallest absolute Gasteiger partial charge is 0.291 e. The van der Waals surface area contributed by atoms with Gasteiger partial charge in [0.25, 0.3) is 15.2 Å². The Hall–Kier alpha value is -1.85.